The van der Waals surface area contributed by atoms with E-state index in [0.29, 0.717) is 11.8 Å². The van der Waals surface area contributed by atoms with Crippen molar-refractivity contribution < 1.29 is 0 Å². The number of fused-ring (bicyclic) bond motifs is 2. The summed E-state index contributed by atoms with van der Waals surface area (Å²) in [5.41, 5.74) is 18.3. The van der Waals surface area contributed by atoms with Crippen molar-refractivity contribution >= 4 is 18.5 Å². The average Bonchev–Trinajstić information content (AvgIpc) is 3.60. The number of hydrogen-bond acceptors (Lipinski definition) is 0. The van der Waals surface area contributed by atoms with Crippen LogP contribution in [0.4, 0.5) is 0 Å². The minimum absolute atomic E-state index is 0.482. The summed E-state index contributed by atoms with van der Waals surface area (Å²) in [7, 11) is -2.20. The molecular formula is C44H52Si. The van der Waals surface area contributed by atoms with E-state index in [9.17, 15) is 0 Å². The predicted octanol–water partition coefficient (Wildman–Crippen LogP) is 13.0. The van der Waals surface area contributed by atoms with Crippen molar-refractivity contribution in [2.75, 3.05) is 0 Å². The smallest absolute Gasteiger partial charge is 0.0655 e. The van der Waals surface area contributed by atoms with Crippen LogP contribution in [0, 0.1) is 0 Å². The third-order valence-electron chi connectivity index (χ3n) is 10.4. The molecule has 0 spiro atoms. The minimum Gasteiger partial charge on any atom is -0.0655 e. The highest BCUT2D eigenvalue weighted by atomic mass is 28.3. The summed E-state index contributed by atoms with van der Waals surface area (Å²) in [6.45, 7) is 19.5. The molecule has 0 saturated heterocycles. The molecule has 2 aliphatic carbocycles. The van der Waals surface area contributed by atoms with Gasteiger partial charge in [0.15, 0.2) is 0 Å². The Kier molecular flexibility index (Phi) is 8.95. The Balaban J connectivity index is 1.63. The van der Waals surface area contributed by atoms with Crippen LogP contribution >= 0.6 is 0 Å². The molecule has 6 rings (SSSR count). The van der Waals surface area contributed by atoms with Crippen LogP contribution in [0.1, 0.15) is 112 Å². The first-order chi connectivity index (χ1) is 21.7. The van der Waals surface area contributed by atoms with E-state index < -0.39 is 8.07 Å². The van der Waals surface area contributed by atoms with Crippen LogP contribution in [-0.2, 0) is 12.8 Å². The van der Waals surface area contributed by atoms with Crippen molar-refractivity contribution in [2.45, 2.75) is 105 Å². The van der Waals surface area contributed by atoms with Gasteiger partial charge in [-0.3, -0.25) is 0 Å². The molecule has 0 amide bonds. The molecule has 0 atom stereocenters. The largest absolute Gasteiger partial charge is 0.113 e. The highest BCUT2D eigenvalue weighted by Gasteiger charge is 2.43. The fourth-order valence-corrected chi connectivity index (χ4v) is 13.0. The highest BCUT2D eigenvalue weighted by molar-refractivity contribution is 7.09. The van der Waals surface area contributed by atoms with Gasteiger partial charge in [-0.2, -0.15) is 0 Å². The van der Waals surface area contributed by atoms with Gasteiger partial charge in [0, 0.05) is 0 Å². The Morgan fingerprint density at radius 2 is 0.889 bits per heavy atom. The zero-order valence-electron chi connectivity index (χ0n) is 29.0. The molecule has 0 fully saturated rings. The Labute approximate surface area is 274 Å². The number of allylic oxidation sites excluding steroid dienone is 2. The molecular weight excluding hydrogens is 557 g/mol. The first-order valence-corrected chi connectivity index (χ1v) is 20.6. The molecule has 0 aliphatic heterocycles. The van der Waals surface area contributed by atoms with Crippen molar-refractivity contribution in [3.05, 3.63) is 129 Å². The van der Waals surface area contributed by atoms with E-state index in [4.69, 9.17) is 0 Å². The fraction of sp³-hybridized carbons (Fsp3) is 0.364. The lowest BCUT2D eigenvalue weighted by atomic mass is 9.89. The van der Waals surface area contributed by atoms with Crippen molar-refractivity contribution in [3.63, 3.8) is 0 Å². The number of rotatable bonds is 10. The molecule has 0 unspecified atom stereocenters. The molecule has 1 heteroatoms. The lowest BCUT2D eigenvalue weighted by Crippen LogP contribution is -2.32. The van der Waals surface area contributed by atoms with Crippen LogP contribution in [0.15, 0.2) is 96.1 Å². The van der Waals surface area contributed by atoms with Crippen molar-refractivity contribution in [2.24, 2.45) is 0 Å². The van der Waals surface area contributed by atoms with Gasteiger partial charge in [-0.15, -0.1) is 0 Å². The molecule has 45 heavy (non-hydrogen) atoms. The van der Waals surface area contributed by atoms with Crippen LogP contribution in [0.25, 0.3) is 32.6 Å². The van der Waals surface area contributed by atoms with Crippen LogP contribution in [0.2, 0.25) is 13.1 Å². The van der Waals surface area contributed by atoms with Crippen LogP contribution in [0.5, 0.6) is 0 Å². The molecule has 0 nitrogen and oxygen atoms in total. The van der Waals surface area contributed by atoms with E-state index in [-0.39, 0.29) is 0 Å². The molecule has 2 aliphatic rings. The Bertz CT molecular complexity index is 1660. The molecule has 0 heterocycles. The summed E-state index contributed by atoms with van der Waals surface area (Å²) in [4.78, 5) is 0. The zero-order chi connectivity index (χ0) is 31.9. The summed E-state index contributed by atoms with van der Waals surface area (Å²) < 4.78 is 0. The zero-order valence-corrected chi connectivity index (χ0v) is 30.0. The van der Waals surface area contributed by atoms with E-state index >= 15 is 0 Å². The third-order valence-corrected chi connectivity index (χ3v) is 14.1. The molecule has 4 aromatic carbocycles. The quantitative estimate of drug-likeness (QED) is 0.157. The highest BCUT2D eigenvalue weighted by Crippen LogP contribution is 2.54. The first kappa shape index (κ1) is 31.6. The van der Waals surface area contributed by atoms with Crippen LogP contribution in [0.3, 0.4) is 0 Å². The van der Waals surface area contributed by atoms with Crippen LogP contribution in [-0.4, -0.2) is 8.07 Å². The van der Waals surface area contributed by atoms with Gasteiger partial charge >= 0.3 is 0 Å². The molecule has 0 aromatic heterocycles. The van der Waals surface area contributed by atoms with Gasteiger partial charge in [-0.1, -0.05) is 164 Å². The van der Waals surface area contributed by atoms with Gasteiger partial charge < -0.3 is 0 Å². The van der Waals surface area contributed by atoms with Crippen molar-refractivity contribution in [3.8, 4) is 22.3 Å². The normalized spacial score (nSPS) is 14.6. The summed E-state index contributed by atoms with van der Waals surface area (Å²) in [5, 5.41) is 3.47. The predicted molar refractivity (Wildman–Crippen MR) is 200 cm³/mol. The molecule has 0 radical (unpaired) electrons. The average molecular weight is 609 g/mol. The van der Waals surface area contributed by atoms with Gasteiger partial charge in [0.2, 0.25) is 0 Å². The maximum Gasteiger partial charge on any atom is 0.113 e. The standard InChI is InChI=1S/C44H52Si/c1-9-17-33-27-31-19-15-25-39(37-23-13-11-21-35(37)29(3)4)41(31)43(33)45(7,8)44-34(18-10-2)28-32-20-16-26-40(42(32)44)38-24-14-12-22-36(38)30(5)6/h11-16,19-26,29-30H,9-10,17-18,27-28H2,1-8H3. The van der Waals surface area contributed by atoms with Crippen LogP contribution < -0.4 is 0 Å². The Hall–Kier alpha value is -3.42. The second kappa shape index (κ2) is 12.8. The van der Waals surface area contributed by atoms with E-state index in [1.807, 2.05) is 0 Å². The minimum atomic E-state index is -2.20. The molecule has 0 bridgehead atoms. The summed E-state index contributed by atoms with van der Waals surface area (Å²) in [5.74, 6) is 0.964. The number of benzene rings is 4. The van der Waals surface area contributed by atoms with E-state index in [2.05, 4.69) is 140 Å². The van der Waals surface area contributed by atoms with E-state index in [1.54, 1.807) is 43.8 Å². The van der Waals surface area contributed by atoms with Gasteiger partial charge in [-0.05, 0) is 104 Å². The summed E-state index contributed by atoms with van der Waals surface area (Å²) in [6.07, 6.45) is 6.97. The molecule has 0 saturated carbocycles. The van der Waals surface area contributed by atoms with Crippen molar-refractivity contribution in [1.82, 2.24) is 0 Å². The van der Waals surface area contributed by atoms with E-state index in [0.717, 1.165) is 12.8 Å². The third kappa shape index (κ3) is 5.52. The lowest BCUT2D eigenvalue weighted by Gasteiger charge is -2.33. The van der Waals surface area contributed by atoms with E-state index in [1.165, 1.54) is 59.1 Å². The SMILES string of the molecule is CCCC1=C([Si](C)(C)C2=C(CCC)Cc3cccc(-c4ccccc4C(C)C)c32)c2c(cccc2-c2ccccc2C(C)C)C1. The molecule has 232 valence electrons. The van der Waals surface area contributed by atoms with Gasteiger partial charge in [0.25, 0.3) is 0 Å². The monoisotopic (exact) mass is 608 g/mol. The molecule has 4 aromatic rings. The maximum atomic E-state index is 2.70. The fourth-order valence-electron chi connectivity index (χ4n) is 8.68. The topological polar surface area (TPSA) is 0 Å². The lowest BCUT2D eigenvalue weighted by molar-refractivity contribution is 0.869. The van der Waals surface area contributed by atoms with Gasteiger partial charge in [0.05, 0.1) is 0 Å². The second-order valence-electron chi connectivity index (χ2n) is 14.6. The Morgan fingerprint density at radius 3 is 1.27 bits per heavy atom. The summed E-state index contributed by atoms with van der Waals surface area (Å²) >= 11 is 0. The van der Waals surface area contributed by atoms with Gasteiger partial charge in [0.1, 0.15) is 8.07 Å². The van der Waals surface area contributed by atoms with Gasteiger partial charge in [-0.25, -0.2) is 0 Å². The first-order valence-electron chi connectivity index (χ1n) is 17.6. The summed E-state index contributed by atoms with van der Waals surface area (Å²) in [6, 6.07) is 32.7. The number of hydrogen-bond donors (Lipinski definition) is 0. The maximum absolute atomic E-state index is 2.70. The molecule has 0 N–H and O–H groups in total. The second-order valence-corrected chi connectivity index (χ2v) is 18.8. The van der Waals surface area contributed by atoms with Crippen molar-refractivity contribution in [1.29, 1.82) is 0 Å². The Morgan fingerprint density at radius 1 is 0.511 bits per heavy atom.